The van der Waals surface area contributed by atoms with Crippen LogP contribution in [0.4, 0.5) is 10.5 Å². The second-order valence-electron chi connectivity index (χ2n) is 11.3. The number of aryl methyl sites for hydroxylation is 1. The average molecular weight is 532 g/mol. The number of benzene rings is 3. The van der Waals surface area contributed by atoms with Crippen LogP contribution in [0.25, 0.3) is 10.8 Å². The smallest absolute Gasteiger partial charge is 0.408 e. The molecule has 0 aromatic heterocycles. The number of rotatable bonds is 9. The minimum absolute atomic E-state index is 0.230. The SMILES string of the molecule is CCCN(C(=O)C(NC(=O)OC(C)(C)C)C(C)C)C(C(=O)Nc1ccc2ccccc2c1)c1ccc(C)cc1. The van der Waals surface area contributed by atoms with E-state index < -0.39 is 23.8 Å². The highest BCUT2D eigenvalue weighted by atomic mass is 16.6. The number of nitrogens with zero attached hydrogens (tertiary/aromatic N) is 1. The summed E-state index contributed by atoms with van der Waals surface area (Å²) in [7, 11) is 0. The van der Waals surface area contributed by atoms with Crippen LogP contribution in [0.15, 0.2) is 66.7 Å². The first kappa shape index (κ1) is 29.7. The van der Waals surface area contributed by atoms with E-state index in [1.165, 1.54) is 0 Å². The molecule has 3 aromatic carbocycles. The van der Waals surface area contributed by atoms with Crippen LogP contribution >= 0.6 is 0 Å². The maximum absolute atomic E-state index is 14.1. The maximum Gasteiger partial charge on any atom is 0.408 e. The van der Waals surface area contributed by atoms with Crippen molar-refractivity contribution in [2.24, 2.45) is 5.92 Å². The molecule has 3 rings (SSSR count). The third kappa shape index (κ3) is 8.06. The first-order valence-corrected chi connectivity index (χ1v) is 13.6. The van der Waals surface area contributed by atoms with Crippen LogP contribution in [0.2, 0.25) is 0 Å². The van der Waals surface area contributed by atoms with Crippen LogP contribution in [0.5, 0.6) is 0 Å². The summed E-state index contributed by atoms with van der Waals surface area (Å²) in [5.74, 6) is -0.890. The molecule has 0 aliphatic rings. The Balaban J connectivity index is 1.98. The number of hydrogen-bond acceptors (Lipinski definition) is 4. The summed E-state index contributed by atoms with van der Waals surface area (Å²) in [6.07, 6.45) is -0.0345. The van der Waals surface area contributed by atoms with E-state index in [0.29, 0.717) is 24.2 Å². The Kier molecular flexibility index (Phi) is 9.73. The van der Waals surface area contributed by atoms with Crippen molar-refractivity contribution in [2.45, 2.75) is 72.6 Å². The largest absolute Gasteiger partial charge is 0.444 e. The van der Waals surface area contributed by atoms with Crippen LogP contribution in [0.3, 0.4) is 0 Å². The Morgan fingerprint density at radius 1 is 0.923 bits per heavy atom. The maximum atomic E-state index is 14.1. The molecule has 0 aliphatic carbocycles. The molecule has 2 N–H and O–H groups in total. The van der Waals surface area contributed by atoms with Gasteiger partial charge in [0.05, 0.1) is 0 Å². The Labute approximate surface area is 231 Å². The van der Waals surface area contributed by atoms with Gasteiger partial charge in [0.1, 0.15) is 17.7 Å². The molecule has 3 aromatic rings. The van der Waals surface area contributed by atoms with Gasteiger partial charge in [-0.05, 0) is 68.5 Å². The minimum atomic E-state index is -0.897. The van der Waals surface area contributed by atoms with Gasteiger partial charge in [0, 0.05) is 12.2 Å². The molecule has 0 spiro atoms. The summed E-state index contributed by atoms with van der Waals surface area (Å²) >= 11 is 0. The van der Waals surface area contributed by atoms with Gasteiger partial charge in [0.25, 0.3) is 5.91 Å². The molecular formula is C32H41N3O4. The van der Waals surface area contributed by atoms with Crippen LogP contribution in [0, 0.1) is 12.8 Å². The van der Waals surface area contributed by atoms with Crippen molar-refractivity contribution >= 4 is 34.4 Å². The highest BCUT2D eigenvalue weighted by Gasteiger charge is 2.37. The van der Waals surface area contributed by atoms with Gasteiger partial charge in [-0.15, -0.1) is 0 Å². The van der Waals surface area contributed by atoms with E-state index in [1.54, 1.807) is 25.7 Å². The van der Waals surface area contributed by atoms with E-state index >= 15 is 0 Å². The zero-order valence-electron chi connectivity index (χ0n) is 24.1. The lowest BCUT2D eigenvalue weighted by molar-refractivity contribution is -0.141. The summed E-state index contributed by atoms with van der Waals surface area (Å²) < 4.78 is 5.43. The Morgan fingerprint density at radius 3 is 2.15 bits per heavy atom. The summed E-state index contributed by atoms with van der Waals surface area (Å²) in [6.45, 7) is 13.3. The van der Waals surface area contributed by atoms with Gasteiger partial charge in [-0.3, -0.25) is 9.59 Å². The molecule has 3 amide bonds. The molecule has 7 nitrogen and oxygen atoms in total. The quantitative estimate of drug-likeness (QED) is 0.325. The second kappa shape index (κ2) is 12.8. The lowest BCUT2D eigenvalue weighted by atomic mass is 9.98. The fourth-order valence-electron chi connectivity index (χ4n) is 4.43. The van der Waals surface area contributed by atoms with Gasteiger partial charge in [0.2, 0.25) is 5.91 Å². The number of carbonyl (C=O) groups excluding carboxylic acids is 3. The first-order valence-electron chi connectivity index (χ1n) is 13.6. The minimum Gasteiger partial charge on any atom is -0.444 e. The third-order valence-electron chi connectivity index (χ3n) is 6.32. The summed E-state index contributed by atoms with van der Waals surface area (Å²) in [5.41, 5.74) is 1.68. The van der Waals surface area contributed by atoms with Crippen molar-refractivity contribution in [3.8, 4) is 0 Å². The van der Waals surface area contributed by atoms with Crippen molar-refractivity contribution in [1.29, 1.82) is 0 Å². The summed E-state index contributed by atoms with van der Waals surface area (Å²) in [6, 6.07) is 19.5. The van der Waals surface area contributed by atoms with E-state index in [1.807, 2.05) is 94.4 Å². The highest BCUT2D eigenvalue weighted by Crippen LogP contribution is 2.27. The van der Waals surface area contributed by atoms with Crippen LogP contribution in [0.1, 0.15) is 65.1 Å². The van der Waals surface area contributed by atoms with Crippen LogP contribution in [-0.4, -0.2) is 41.0 Å². The summed E-state index contributed by atoms with van der Waals surface area (Å²) in [5, 5.41) is 7.86. The number of alkyl carbamates (subject to hydrolysis) is 1. The molecule has 0 saturated heterocycles. The third-order valence-corrected chi connectivity index (χ3v) is 6.32. The molecular weight excluding hydrogens is 490 g/mol. The Hall–Kier alpha value is -3.87. The summed E-state index contributed by atoms with van der Waals surface area (Å²) in [4.78, 5) is 42.2. The predicted molar refractivity (Wildman–Crippen MR) is 156 cm³/mol. The van der Waals surface area contributed by atoms with Crippen LogP contribution in [-0.2, 0) is 14.3 Å². The molecule has 0 bridgehead atoms. The Morgan fingerprint density at radius 2 is 1.56 bits per heavy atom. The standard InChI is InChI=1S/C32H41N3O4/c1-8-19-35(30(37)27(21(2)3)34-31(38)39-32(5,6)7)28(24-15-13-22(4)14-16-24)29(36)33-26-18-17-23-11-9-10-12-25(23)20-26/h9-18,20-21,27-28H,8,19H2,1-7H3,(H,33,36)(H,34,38). The van der Waals surface area contributed by atoms with Gasteiger partial charge < -0.3 is 20.3 Å². The zero-order chi connectivity index (χ0) is 28.7. The number of fused-ring (bicyclic) bond motifs is 1. The topological polar surface area (TPSA) is 87.7 Å². The molecule has 0 saturated carbocycles. The molecule has 0 fully saturated rings. The lowest BCUT2D eigenvalue weighted by Gasteiger charge is -2.35. The van der Waals surface area contributed by atoms with Gasteiger partial charge in [0.15, 0.2) is 0 Å². The number of hydrogen-bond donors (Lipinski definition) is 2. The highest BCUT2D eigenvalue weighted by molar-refractivity contribution is 6.00. The molecule has 208 valence electrons. The number of carbonyl (C=O) groups is 3. The van der Waals surface area contributed by atoms with Crippen molar-refractivity contribution in [1.82, 2.24) is 10.2 Å². The number of amides is 3. The Bertz CT molecular complexity index is 1290. The number of anilines is 1. The van der Waals surface area contributed by atoms with Crippen molar-refractivity contribution in [2.75, 3.05) is 11.9 Å². The second-order valence-corrected chi connectivity index (χ2v) is 11.3. The van der Waals surface area contributed by atoms with Gasteiger partial charge in [-0.1, -0.05) is 80.9 Å². The van der Waals surface area contributed by atoms with Crippen molar-refractivity contribution in [3.05, 3.63) is 77.9 Å². The van der Waals surface area contributed by atoms with E-state index in [4.69, 9.17) is 4.74 Å². The predicted octanol–water partition coefficient (Wildman–Crippen LogP) is 6.62. The molecule has 0 aliphatic heterocycles. The zero-order valence-corrected chi connectivity index (χ0v) is 24.1. The average Bonchev–Trinajstić information content (AvgIpc) is 2.86. The van der Waals surface area contributed by atoms with Crippen molar-refractivity contribution < 1.29 is 19.1 Å². The van der Waals surface area contributed by atoms with E-state index in [0.717, 1.165) is 16.3 Å². The number of nitrogens with one attached hydrogen (secondary N) is 2. The molecule has 0 radical (unpaired) electrons. The molecule has 0 heterocycles. The van der Waals surface area contributed by atoms with E-state index in [9.17, 15) is 14.4 Å². The van der Waals surface area contributed by atoms with Gasteiger partial charge in [-0.2, -0.15) is 0 Å². The van der Waals surface area contributed by atoms with Crippen LogP contribution < -0.4 is 10.6 Å². The van der Waals surface area contributed by atoms with Crippen molar-refractivity contribution in [3.63, 3.8) is 0 Å². The molecule has 39 heavy (non-hydrogen) atoms. The number of ether oxygens (including phenoxy) is 1. The molecule has 7 heteroatoms. The van der Waals surface area contributed by atoms with Gasteiger partial charge in [-0.25, -0.2) is 4.79 Å². The molecule has 2 unspecified atom stereocenters. The van der Waals surface area contributed by atoms with E-state index in [-0.39, 0.29) is 17.7 Å². The monoisotopic (exact) mass is 531 g/mol. The van der Waals surface area contributed by atoms with Gasteiger partial charge >= 0.3 is 6.09 Å². The normalized spacial score (nSPS) is 13.0. The molecule has 2 atom stereocenters. The lowest BCUT2D eigenvalue weighted by Crippen LogP contribution is -2.54. The van der Waals surface area contributed by atoms with E-state index in [2.05, 4.69) is 10.6 Å². The fourth-order valence-corrected chi connectivity index (χ4v) is 4.43. The first-order chi connectivity index (χ1) is 18.4. The fraction of sp³-hybridized carbons (Fsp3) is 0.406.